The molecular formula is C65H90N10O17S. The number of carbonyl (C=O) groups excluding carboxylic acids is 9. The predicted molar refractivity (Wildman–Crippen MR) is 343 cm³/mol. The minimum absolute atomic E-state index is 0.0493. The van der Waals surface area contributed by atoms with E-state index in [-0.39, 0.29) is 49.6 Å². The summed E-state index contributed by atoms with van der Waals surface area (Å²) < 4.78 is 0. The Labute approximate surface area is 545 Å². The second kappa shape index (κ2) is 37.8. The van der Waals surface area contributed by atoms with Gasteiger partial charge in [0.1, 0.15) is 60.1 Å². The lowest BCUT2D eigenvalue weighted by Crippen LogP contribution is -2.62. The van der Waals surface area contributed by atoms with Gasteiger partial charge in [0.15, 0.2) is 0 Å². The number of likely N-dealkylation sites (tertiary alicyclic amines) is 1. The number of hydrogen-bond acceptors (Lipinski definition) is 16. The molecule has 508 valence electrons. The number of nitrogens with one attached hydrogen (secondary N) is 8. The summed E-state index contributed by atoms with van der Waals surface area (Å²) in [6.07, 6.45) is 4.00. The highest BCUT2D eigenvalue weighted by Gasteiger charge is 2.42. The summed E-state index contributed by atoms with van der Waals surface area (Å²) in [5, 5.41) is 69.7. The lowest BCUT2D eigenvalue weighted by atomic mass is 9.83. The third kappa shape index (κ3) is 23.2. The van der Waals surface area contributed by atoms with Crippen molar-refractivity contribution in [1.82, 2.24) is 47.4 Å². The summed E-state index contributed by atoms with van der Waals surface area (Å²) in [4.78, 5) is 165. The first-order chi connectivity index (χ1) is 44.4. The number of thiol groups is 1. The first-order valence-electron chi connectivity index (χ1n) is 31.6. The van der Waals surface area contributed by atoms with E-state index in [0.29, 0.717) is 42.4 Å². The molecule has 27 nitrogen and oxygen atoms in total. The summed E-state index contributed by atoms with van der Waals surface area (Å²) in [6, 6.07) is 8.35. The van der Waals surface area contributed by atoms with E-state index >= 15 is 9.59 Å². The Bertz CT molecular complexity index is 2990. The number of aliphatic hydroxyl groups excluding tert-OH is 1. The van der Waals surface area contributed by atoms with Crippen molar-refractivity contribution in [3.63, 3.8) is 0 Å². The number of unbranched alkanes of at least 4 members (excludes halogenated alkanes) is 1. The fourth-order valence-corrected chi connectivity index (χ4v) is 11.7. The Balaban J connectivity index is 1.38. The van der Waals surface area contributed by atoms with Gasteiger partial charge in [-0.05, 0) is 72.8 Å². The molecular weight excluding hydrogens is 1220 g/mol. The van der Waals surface area contributed by atoms with Gasteiger partial charge >= 0.3 is 17.9 Å². The Morgan fingerprint density at radius 1 is 0.581 bits per heavy atom. The zero-order valence-corrected chi connectivity index (χ0v) is 53.5. The van der Waals surface area contributed by atoms with E-state index in [1.54, 1.807) is 74.5 Å². The van der Waals surface area contributed by atoms with Crippen LogP contribution in [-0.4, -0.2) is 181 Å². The molecule has 0 aromatic heterocycles. The van der Waals surface area contributed by atoms with Crippen LogP contribution < -0.4 is 48.3 Å². The van der Waals surface area contributed by atoms with Crippen LogP contribution in [0.15, 0.2) is 84.9 Å². The van der Waals surface area contributed by atoms with E-state index in [4.69, 9.17) is 5.73 Å². The van der Waals surface area contributed by atoms with E-state index in [9.17, 15) is 73.5 Å². The quantitative estimate of drug-likeness (QED) is 0.0364. The Morgan fingerprint density at radius 3 is 1.67 bits per heavy atom. The maximum Gasteiger partial charge on any atom is 0.326 e. The minimum Gasteiger partial charge on any atom is -0.508 e. The van der Waals surface area contributed by atoms with Crippen LogP contribution in [0.2, 0.25) is 0 Å². The number of nitrogens with zero attached hydrogens (tertiary/aromatic N) is 1. The zero-order valence-electron chi connectivity index (χ0n) is 52.6. The van der Waals surface area contributed by atoms with Gasteiger partial charge in [0.2, 0.25) is 53.2 Å². The topological polar surface area (TPSA) is 431 Å². The van der Waals surface area contributed by atoms with Gasteiger partial charge in [0.25, 0.3) is 0 Å². The third-order valence-electron chi connectivity index (χ3n) is 16.9. The molecule has 2 aliphatic rings. The number of carboxylic acids is 3. The average molecular weight is 1320 g/mol. The predicted octanol–water partition coefficient (Wildman–Crippen LogP) is 1.52. The average Bonchev–Trinajstić information content (AvgIpc) is 1.48. The molecule has 0 radical (unpaired) electrons. The van der Waals surface area contributed by atoms with Gasteiger partial charge in [-0.25, -0.2) is 4.79 Å². The number of carboxylic acid groups (broad SMARTS) is 3. The first-order valence-corrected chi connectivity index (χ1v) is 32.3. The number of rotatable bonds is 37. The van der Waals surface area contributed by atoms with Crippen molar-refractivity contribution in [1.29, 1.82) is 0 Å². The highest BCUT2D eigenvalue weighted by atomic mass is 32.1. The molecule has 9 amide bonds. The van der Waals surface area contributed by atoms with E-state index in [1.807, 2.05) is 6.92 Å². The van der Waals surface area contributed by atoms with Gasteiger partial charge in [-0.2, -0.15) is 12.6 Å². The zero-order chi connectivity index (χ0) is 68.3. The van der Waals surface area contributed by atoms with Crippen molar-refractivity contribution >= 4 is 83.7 Å². The van der Waals surface area contributed by atoms with E-state index in [1.165, 1.54) is 29.2 Å². The SMILES string of the molecule is CCCC[C@H](NC(=O)[C@@H]1CCCN1C(=O)[C@H](CS)NC(=O)[C@H](CC1CCCCC1)NC(=O)[C@@H](NC(=O)[C@@H](NC(=O)[C@H](CCC(=O)O)NC(=O)[C@@H](N)CC(=O)O)C(c1ccccc1)c1ccccc1)[C@@H](C)CC)C(=O)N[C@@H](CO)C(=O)N[C@@H](Cc1ccc(O)cc1)C(=O)O. The van der Waals surface area contributed by atoms with Gasteiger partial charge in [0, 0.05) is 31.1 Å². The molecule has 1 aliphatic heterocycles. The fourth-order valence-electron chi connectivity index (χ4n) is 11.5. The number of aromatic hydroxyl groups is 1. The van der Waals surface area contributed by atoms with Crippen molar-refractivity contribution in [2.24, 2.45) is 17.6 Å². The molecule has 93 heavy (non-hydrogen) atoms. The number of amides is 9. The molecule has 1 heterocycles. The first kappa shape index (κ1) is 75.1. The highest BCUT2D eigenvalue weighted by Crippen LogP contribution is 2.31. The summed E-state index contributed by atoms with van der Waals surface area (Å²) in [5.41, 5.74) is 7.34. The van der Waals surface area contributed by atoms with Crippen LogP contribution in [0.4, 0.5) is 0 Å². The van der Waals surface area contributed by atoms with Crippen molar-refractivity contribution in [3.05, 3.63) is 102 Å². The fraction of sp³-hybridized carbons (Fsp3) is 0.538. The van der Waals surface area contributed by atoms with Gasteiger partial charge in [-0.3, -0.25) is 52.7 Å². The third-order valence-corrected chi connectivity index (χ3v) is 17.2. The number of hydrogen-bond donors (Lipinski definition) is 15. The van der Waals surface area contributed by atoms with Gasteiger partial charge in [-0.15, -0.1) is 0 Å². The normalized spacial score (nSPS) is 17.2. The second-order valence-electron chi connectivity index (χ2n) is 23.8. The minimum atomic E-state index is -1.64. The number of benzene rings is 3. The summed E-state index contributed by atoms with van der Waals surface area (Å²) >= 11 is 4.45. The lowest BCUT2D eigenvalue weighted by molar-refractivity contribution is -0.143. The molecule has 15 N–H and O–H groups in total. The summed E-state index contributed by atoms with van der Waals surface area (Å²) in [6.45, 7) is 4.45. The smallest absolute Gasteiger partial charge is 0.326 e. The van der Waals surface area contributed by atoms with E-state index in [2.05, 4.69) is 55.2 Å². The van der Waals surface area contributed by atoms with Crippen molar-refractivity contribution < 1.29 is 83.1 Å². The molecule has 3 aromatic carbocycles. The van der Waals surface area contributed by atoms with Crippen molar-refractivity contribution in [3.8, 4) is 5.75 Å². The second-order valence-corrected chi connectivity index (χ2v) is 24.2. The van der Waals surface area contributed by atoms with E-state index in [0.717, 1.165) is 32.1 Å². The highest BCUT2D eigenvalue weighted by molar-refractivity contribution is 7.80. The molecule has 0 unspecified atom stereocenters. The van der Waals surface area contributed by atoms with Crippen molar-refractivity contribution in [2.75, 3.05) is 18.9 Å². The molecule has 28 heteroatoms. The van der Waals surface area contributed by atoms with Crippen molar-refractivity contribution in [2.45, 2.75) is 190 Å². The maximum absolute atomic E-state index is 15.3. The van der Waals surface area contributed by atoms with E-state index < -0.39 is 169 Å². The Hall–Kier alpha value is -8.63. The molecule has 3 aromatic rings. The number of phenolic OH excluding ortho intramolecular Hbond substituents is 1. The molecule has 0 spiro atoms. The standard InChI is InChI=1S/C65H90N10O17S/c1-4-6-23-44(57(83)71-48(35-76)60(86)70-47(65(91)92)33-39-25-27-42(77)28-26-39)68-61(87)50-24-16-31-75(50)64(90)49(36-93)72-59(85)46(32-38-17-10-7-11-18-38)69-62(88)54(37(3)5-2)73-63(89)55(53(40-19-12-8-13-20-40)41-21-14-9-15-22-41)74-58(84)45(29-30-51(78)79)67-56(82)43(66)34-52(80)81/h8-9,12-15,19-22,25-28,37-38,43-50,53-55,76-77,93H,4-7,10-11,16-18,23-24,29-36,66H2,1-3H3,(H,67,82)(H,68,87)(H,69,88)(H,70,86)(H,71,83)(H,72,85)(H,73,89)(H,74,84)(H,78,79)(H,80,81)(H,91,92)/t37-,43-,44-,45-,46-,47-,48-,49-,50-,54-,55-/m0/s1. The molecule has 1 saturated carbocycles. The lowest BCUT2D eigenvalue weighted by Gasteiger charge is -2.33. The molecule has 1 aliphatic carbocycles. The molecule has 5 rings (SSSR count). The number of aliphatic carboxylic acids is 3. The molecule has 11 atom stereocenters. The van der Waals surface area contributed by atoms with Gasteiger partial charge in [-0.1, -0.05) is 145 Å². The van der Waals surface area contributed by atoms with Gasteiger partial charge < -0.3 is 78.7 Å². The van der Waals surface area contributed by atoms with Crippen LogP contribution in [-0.2, 0) is 64.0 Å². The van der Waals surface area contributed by atoms with Crippen LogP contribution in [0.3, 0.4) is 0 Å². The van der Waals surface area contributed by atoms with Crippen LogP contribution in [0.25, 0.3) is 0 Å². The number of nitrogens with two attached hydrogens (primary N) is 1. The summed E-state index contributed by atoms with van der Waals surface area (Å²) in [7, 11) is 0. The monoisotopic (exact) mass is 1310 g/mol. The van der Waals surface area contributed by atoms with Crippen LogP contribution in [0, 0.1) is 11.8 Å². The Kier molecular flexibility index (Phi) is 30.5. The summed E-state index contributed by atoms with van der Waals surface area (Å²) in [5.74, 6) is -14.0. The van der Waals surface area contributed by atoms with Crippen LogP contribution in [0.1, 0.15) is 140 Å². The van der Waals surface area contributed by atoms with Crippen LogP contribution >= 0.6 is 12.6 Å². The van der Waals surface area contributed by atoms with Gasteiger partial charge in [0.05, 0.1) is 19.1 Å². The van der Waals surface area contributed by atoms with Crippen LogP contribution in [0.5, 0.6) is 5.75 Å². The maximum atomic E-state index is 15.3. The number of aliphatic hydroxyl groups is 1. The molecule has 0 bridgehead atoms. The molecule has 2 fully saturated rings. The Morgan fingerprint density at radius 2 is 1.11 bits per heavy atom. The number of phenols is 1. The number of carbonyl (C=O) groups is 12. The molecule has 1 saturated heterocycles. The largest absolute Gasteiger partial charge is 0.508 e.